The Bertz CT molecular complexity index is 574. The van der Waals surface area contributed by atoms with Crippen LogP contribution in [0.1, 0.15) is 0 Å². The van der Waals surface area contributed by atoms with Crippen molar-refractivity contribution in [3.63, 3.8) is 0 Å². The Morgan fingerprint density at radius 2 is 1.47 bits per heavy atom. The lowest BCUT2D eigenvalue weighted by molar-refractivity contribution is 0.0572. The topological polar surface area (TPSA) is 77.8 Å². The normalized spacial score (nSPS) is 24.9. The summed E-state index contributed by atoms with van der Waals surface area (Å²) in [7, 11) is -3.99. The average Bonchev–Trinajstić information content (AvgIpc) is 2.57. The van der Waals surface area contributed by atoms with Crippen molar-refractivity contribution in [2.45, 2.75) is 17.1 Å². The molecule has 1 heterocycles. The van der Waals surface area contributed by atoms with E-state index in [1.807, 2.05) is 0 Å². The second kappa shape index (κ2) is 5.37. The van der Waals surface area contributed by atoms with Crippen LogP contribution in [0.25, 0.3) is 0 Å². The maximum Gasteiger partial charge on any atom is 0.246 e. The molecule has 1 saturated heterocycles. The predicted octanol–water partition coefficient (Wildman–Crippen LogP) is 1.37. The van der Waals surface area contributed by atoms with Gasteiger partial charge in [-0.05, 0) is 12.1 Å². The number of nitrogens with zero attached hydrogens (tertiary/aromatic N) is 1. The molecule has 5 nitrogen and oxygen atoms in total. The van der Waals surface area contributed by atoms with Crippen LogP contribution in [0.15, 0.2) is 17.0 Å². The molecule has 19 heavy (non-hydrogen) atoms. The summed E-state index contributed by atoms with van der Waals surface area (Å²) in [6.07, 6.45) is -2.25. The smallest absolute Gasteiger partial charge is 0.246 e. The van der Waals surface area contributed by atoms with Gasteiger partial charge in [-0.1, -0.05) is 34.8 Å². The Labute approximate surface area is 125 Å². The van der Waals surface area contributed by atoms with Crippen LogP contribution in [-0.2, 0) is 10.0 Å². The van der Waals surface area contributed by atoms with E-state index in [-0.39, 0.29) is 33.1 Å². The lowest BCUT2D eigenvalue weighted by Gasteiger charge is -2.17. The molecular weight excluding hydrogens is 337 g/mol. The molecule has 2 atom stereocenters. The average molecular weight is 347 g/mol. The molecule has 0 saturated carbocycles. The van der Waals surface area contributed by atoms with Crippen LogP contribution in [0.4, 0.5) is 0 Å². The summed E-state index contributed by atoms with van der Waals surface area (Å²) in [4.78, 5) is -0.276. The Morgan fingerprint density at radius 1 is 1.05 bits per heavy atom. The van der Waals surface area contributed by atoms with Gasteiger partial charge in [-0.2, -0.15) is 4.31 Å². The molecule has 2 rings (SSSR count). The molecule has 0 amide bonds. The number of rotatable bonds is 2. The Hall–Kier alpha value is -0.0800. The van der Waals surface area contributed by atoms with E-state index < -0.39 is 22.2 Å². The highest BCUT2D eigenvalue weighted by Gasteiger charge is 2.39. The van der Waals surface area contributed by atoms with Gasteiger partial charge in [-0.3, -0.25) is 0 Å². The van der Waals surface area contributed by atoms with Crippen molar-refractivity contribution in [2.75, 3.05) is 13.1 Å². The lowest BCUT2D eigenvalue weighted by atomic mass is 10.3. The molecule has 1 fully saturated rings. The minimum Gasteiger partial charge on any atom is -0.389 e. The Kier molecular flexibility index (Phi) is 4.32. The van der Waals surface area contributed by atoms with Crippen LogP contribution in [-0.4, -0.2) is 48.2 Å². The summed E-state index contributed by atoms with van der Waals surface area (Å²) in [5.41, 5.74) is 0. The third kappa shape index (κ3) is 2.85. The fourth-order valence-electron chi connectivity index (χ4n) is 1.84. The fourth-order valence-corrected chi connectivity index (χ4v) is 4.80. The predicted molar refractivity (Wildman–Crippen MR) is 72.2 cm³/mol. The molecule has 0 aliphatic carbocycles. The largest absolute Gasteiger partial charge is 0.389 e. The minimum atomic E-state index is -3.99. The summed E-state index contributed by atoms with van der Waals surface area (Å²) in [5, 5.41) is 18.8. The van der Waals surface area contributed by atoms with Gasteiger partial charge in [0, 0.05) is 18.1 Å². The SMILES string of the molecule is O=S(=O)(c1c(Cl)cc(Cl)cc1Cl)N1C[C@@H](O)[C@@H](O)C1. The van der Waals surface area contributed by atoms with Gasteiger partial charge in [-0.15, -0.1) is 0 Å². The van der Waals surface area contributed by atoms with Crippen LogP contribution in [0.2, 0.25) is 15.1 Å². The number of benzene rings is 1. The number of aliphatic hydroxyl groups excluding tert-OH is 2. The van der Waals surface area contributed by atoms with Crippen LogP contribution >= 0.6 is 34.8 Å². The molecule has 1 aromatic carbocycles. The van der Waals surface area contributed by atoms with Crippen molar-refractivity contribution < 1.29 is 18.6 Å². The molecule has 9 heteroatoms. The van der Waals surface area contributed by atoms with Crippen LogP contribution in [0, 0.1) is 0 Å². The van der Waals surface area contributed by atoms with Gasteiger partial charge in [0.15, 0.2) is 0 Å². The molecule has 1 aliphatic rings. The standard InChI is InChI=1S/C10H10Cl3NO4S/c11-5-1-6(12)10(7(13)2-5)19(17,18)14-3-8(15)9(16)4-14/h1-2,8-9,15-16H,3-4H2/t8-,9+. The number of hydrogen-bond donors (Lipinski definition) is 2. The van der Waals surface area contributed by atoms with E-state index in [4.69, 9.17) is 34.8 Å². The molecule has 0 aromatic heterocycles. The van der Waals surface area contributed by atoms with E-state index in [1.165, 1.54) is 12.1 Å². The summed E-state index contributed by atoms with van der Waals surface area (Å²) >= 11 is 17.5. The Morgan fingerprint density at radius 3 is 1.89 bits per heavy atom. The molecule has 0 bridgehead atoms. The van der Waals surface area contributed by atoms with Crippen LogP contribution in [0.3, 0.4) is 0 Å². The molecule has 1 aromatic rings. The second-order valence-corrected chi connectivity index (χ2v) is 7.28. The van der Waals surface area contributed by atoms with E-state index in [9.17, 15) is 18.6 Å². The molecule has 0 unspecified atom stereocenters. The van der Waals surface area contributed by atoms with E-state index in [2.05, 4.69) is 0 Å². The van der Waals surface area contributed by atoms with Crippen molar-refractivity contribution in [1.82, 2.24) is 4.31 Å². The summed E-state index contributed by atoms with van der Waals surface area (Å²) in [6.45, 7) is -0.419. The first-order valence-electron chi connectivity index (χ1n) is 5.24. The third-order valence-corrected chi connectivity index (χ3v) is 5.76. The van der Waals surface area contributed by atoms with Crippen molar-refractivity contribution in [1.29, 1.82) is 0 Å². The van der Waals surface area contributed by atoms with Gasteiger partial charge in [0.1, 0.15) is 4.90 Å². The van der Waals surface area contributed by atoms with Crippen molar-refractivity contribution >= 4 is 44.8 Å². The van der Waals surface area contributed by atoms with Gasteiger partial charge in [-0.25, -0.2) is 8.42 Å². The fraction of sp³-hybridized carbons (Fsp3) is 0.400. The van der Waals surface area contributed by atoms with E-state index in [0.717, 1.165) is 4.31 Å². The van der Waals surface area contributed by atoms with Gasteiger partial charge in [0.05, 0.1) is 22.3 Å². The number of sulfonamides is 1. The molecule has 0 radical (unpaired) electrons. The highest BCUT2D eigenvalue weighted by atomic mass is 35.5. The summed E-state index contributed by atoms with van der Waals surface area (Å²) in [6, 6.07) is 2.54. The van der Waals surface area contributed by atoms with Crippen molar-refractivity contribution in [3.8, 4) is 0 Å². The zero-order chi connectivity index (χ0) is 14.4. The second-order valence-electron chi connectivity index (χ2n) is 4.16. The number of halogens is 3. The highest BCUT2D eigenvalue weighted by molar-refractivity contribution is 7.89. The zero-order valence-electron chi connectivity index (χ0n) is 9.42. The number of aliphatic hydroxyl groups is 2. The summed E-state index contributed by atoms with van der Waals surface area (Å²) < 4.78 is 25.7. The van der Waals surface area contributed by atoms with E-state index >= 15 is 0 Å². The number of hydrogen-bond acceptors (Lipinski definition) is 4. The van der Waals surface area contributed by atoms with Gasteiger partial charge in [0.2, 0.25) is 10.0 Å². The summed E-state index contributed by atoms with van der Waals surface area (Å²) in [5.74, 6) is 0. The molecule has 2 N–H and O–H groups in total. The maximum atomic E-state index is 12.4. The van der Waals surface area contributed by atoms with Crippen LogP contribution in [0.5, 0.6) is 0 Å². The molecular formula is C10H10Cl3NO4S. The van der Waals surface area contributed by atoms with Crippen molar-refractivity contribution in [3.05, 3.63) is 27.2 Å². The zero-order valence-corrected chi connectivity index (χ0v) is 12.5. The monoisotopic (exact) mass is 345 g/mol. The minimum absolute atomic E-state index is 0.103. The van der Waals surface area contributed by atoms with E-state index in [1.54, 1.807) is 0 Å². The lowest BCUT2D eigenvalue weighted by Crippen LogP contribution is -2.30. The maximum absolute atomic E-state index is 12.4. The molecule has 0 spiro atoms. The van der Waals surface area contributed by atoms with Gasteiger partial charge >= 0.3 is 0 Å². The third-order valence-electron chi connectivity index (χ3n) is 2.79. The van der Waals surface area contributed by atoms with Gasteiger partial charge in [0.25, 0.3) is 0 Å². The quantitative estimate of drug-likeness (QED) is 0.848. The molecule has 106 valence electrons. The number of β-amino-alcohol motifs (C(OH)–C–C–N with tert-alkyl or cyclic N) is 2. The van der Waals surface area contributed by atoms with E-state index in [0.29, 0.717) is 0 Å². The first-order valence-corrected chi connectivity index (χ1v) is 7.81. The first kappa shape index (κ1) is 15.3. The highest BCUT2D eigenvalue weighted by Crippen LogP contribution is 2.35. The van der Waals surface area contributed by atoms with Gasteiger partial charge < -0.3 is 10.2 Å². The first-order chi connectivity index (χ1) is 8.73. The van der Waals surface area contributed by atoms with Crippen LogP contribution < -0.4 is 0 Å². The Balaban J connectivity index is 2.47. The molecule has 1 aliphatic heterocycles. The van der Waals surface area contributed by atoms with Crippen molar-refractivity contribution in [2.24, 2.45) is 0 Å².